The van der Waals surface area contributed by atoms with Crippen LogP contribution in [0.3, 0.4) is 0 Å². The molecular weight excluding hydrogens is 534 g/mol. The van der Waals surface area contributed by atoms with Crippen LogP contribution in [0.15, 0.2) is 48.9 Å². The largest absolute Gasteiger partial charge is 0.416 e. The molecule has 2 amide bonds. The second-order valence-corrected chi connectivity index (χ2v) is 9.27. The quantitative estimate of drug-likeness (QED) is 0.362. The number of halogens is 4. The summed E-state index contributed by atoms with van der Waals surface area (Å²) < 4.78 is 62.0. The predicted molar refractivity (Wildman–Crippen MR) is 136 cm³/mol. The number of fused-ring (bicyclic) bond motifs is 1. The van der Waals surface area contributed by atoms with Crippen LogP contribution in [-0.4, -0.2) is 55.3 Å². The molecule has 4 aromatic rings. The van der Waals surface area contributed by atoms with E-state index in [1.165, 1.54) is 25.3 Å². The van der Waals surface area contributed by atoms with Crippen LogP contribution >= 0.6 is 0 Å². The first-order chi connectivity index (χ1) is 18.9. The van der Waals surface area contributed by atoms with Gasteiger partial charge in [-0.15, -0.1) is 0 Å². The van der Waals surface area contributed by atoms with Gasteiger partial charge in [-0.05, 0) is 37.3 Å². The summed E-state index contributed by atoms with van der Waals surface area (Å²) in [6.07, 6.45) is -1.29. The minimum Gasteiger partial charge on any atom is -0.382 e. The number of alkyl halides is 3. The molecule has 0 spiro atoms. The second-order valence-electron chi connectivity index (χ2n) is 9.27. The van der Waals surface area contributed by atoms with Gasteiger partial charge in [0.25, 0.3) is 5.91 Å². The van der Waals surface area contributed by atoms with E-state index in [4.69, 9.17) is 10.5 Å². The highest BCUT2D eigenvalue weighted by Gasteiger charge is 2.33. The summed E-state index contributed by atoms with van der Waals surface area (Å²) in [5.74, 6) is -1.70. The molecule has 3 N–H and O–H groups in total. The summed E-state index contributed by atoms with van der Waals surface area (Å²) in [6, 6.07) is 4.87. The number of rotatable bonds is 4. The van der Waals surface area contributed by atoms with E-state index in [1.807, 2.05) is 6.92 Å². The van der Waals surface area contributed by atoms with Crippen molar-refractivity contribution in [2.24, 2.45) is 0 Å². The van der Waals surface area contributed by atoms with E-state index >= 15 is 4.39 Å². The van der Waals surface area contributed by atoms with Crippen LogP contribution in [0.5, 0.6) is 0 Å². The number of nitrogen functional groups attached to an aromatic ring is 1. The molecule has 0 radical (unpaired) electrons. The number of imidazole rings is 1. The number of hydrogen-bond donors (Lipinski definition) is 2. The van der Waals surface area contributed by atoms with Crippen molar-refractivity contribution in [2.75, 3.05) is 24.2 Å². The smallest absolute Gasteiger partial charge is 0.382 e. The van der Waals surface area contributed by atoms with Crippen LogP contribution in [0.4, 0.5) is 29.2 Å². The Kier molecular flexibility index (Phi) is 6.87. The van der Waals surface area contributed by atoms with Gasteiger partial charge in [-0.1, -0.05) is 0 Å². The third-order valence-corrected chi connectivity index (χ3v) is 6.55. The predicted octanol–water partition coefficient (Wildman–Crippen LogP) is 4.09. The number of carbonyl (C=O) groups is 2. The zero-order valence-electron chi connectivity index (χ0n) is 21.2. The summed E-state index contributed by atoms with van der Waals surface area (Å²) in [6.45, 7) is 3.83. The number of nitrogens with one attached hydrogen (secondary N) is 1. The van der Waals surface area contributed by atoms with Crippen molar-refractivity contribution in [3.63, 3.8) is 0 Å². The lowest BCUT2D eigenvalue weighted by atomic mass is 10.1. The van der Waals surface area contributed by atoms with Crippen molar-refractivity contribution in [1.29, 1.82) is 0 Å². The summed E-state index contributed by atoms with van der Waals surface area (Å²) in [4.78, 5) is 38.9. The molecule has 3 aromatic heterocycles. The molecule has 0 aliphatic carbocycles. The normalized spacial score (nSPS) is 17.7. The molecule has 1 saturated heterocycles. The van der Waals surface area contributed by atoms with E-state index in [-0.39, 0.29) is 53.6 Å². The number of pyridine rings is 1. The van der Waals surface area contributed by atoms with Crippen LogP contribution in [0.1, 0.15) is 41.7 Å². The summed E-state index contributed by atoms with van der Waals surface area (Å²) in [5.41, 5.74) is 5.44. The van der Waals surface area contributed by atoms with Gasteiger partial charge in [0.1, 0.15) is 40.6 Å². The van der Waals surface area contributed by atoms with Crippen molar-refractivity contribution in [2.45, 2.75) is 32.2 Å². The van der Waals surface area contributed by atoms with Crippen LogP contribution < -0.4 is 11.1 Å². The average molecular weight is 558 g/mol. The van der Waals surface area contributed by atoms with E-state index in [0.29, 0.717) is 17.4 Å². The van der Waals surface area contributed by atoms with Gasteiger partial charge in [0.15, 0.2) is 0 Å². The highest BCUT2D eigenvalue weighted by molar-refractivity contribution is 6.04. The summed E-state index contributed by atoms with van der Waals surface area (Å²) >= 11 is 0. The lowest BCUT2D eigenvalue weighted by molar-refractivity contribution is -0.142. The minimum atomic E-state index is -4.62. The Morgan fingerprint density at radius 3 is 2.62 bits per heavy atom. The number of hydrogen-bond acceptors (Lipinski definition) is 7. The van der Waals surface area contributed by atoms with Crippen LogP contribution in [0.25, 0.3) is 16.8 Å². The van der Waals surface area contributed by atoms with Crippen molar-refractivity contribution in [3.05, 3.63) is 71.7 Å². The number of nitrogens with two attached hydrogens (primary N) is 1. The molecule has 14 heteroatoms. The number of nitrogens with zero attached hydrogens (tertiary/aromatic N) is 5. The Labute approximate surface area is 224 Å². The Morgan fingerprint density at radius 1 is 1.15 bits per heavy atom. The standard InChI is InChI=1S/C26H23F4N7O3/c1-13-12-40-19(11-37(13)14(2)38)24-35-21(22-23(31)33-7-8-36(22)24)17-4-3-15(9-18(17)27)25(39)34-20-10-16(5-6-32-20)26(28,29)30/h3-10,13,19H,11-12H2,1-2H3,(H2,31,33)(H,32,34,39)/t13-,19-/m1/s1. The number of morpholine rings is 1. The van der Waals surface area contributed by atoms with Crippen molar-refractivity contribution in [1.82, 2.24) is 24.3 Å². The van der Waals surface area contributed by atoms with Gasteiger partial charge in [0, 0.05) is 36.6 Å². The summed E-state index contributed by atoms with van der Waals surface area (Å²) in [5, 5.41) is 2.24. The molecule has 10 nitrogen and oxygen atoms in total. The lowest BCUT2D eigenvalue weighted by Gasteiger charge is -2.36. The molecule has 40 heavy (non-hydrogen) atoms. The molecule has 4 heterocycles. The van der Waals surface area contributed by atoms with Crippen LogP contribution in [-0.2, 0) is 15.7 Å². The van der Waals surface area contributed by atoms with Gasteiger partial charge < -0.3 is 20.7 Å². The molecule has 0 bridgehead atoms. The Bertz CT molecular complexity index is 1620. The van der Waals surface area contributed by atoms with Crippen LogP contribution in [0.2, 0.25) is 0 Å². The zero-order chi connectivity index (χ0) is 28.8. The van der Waals surface area contributed by atoms with E-state index in [9.17, 15) is 22.8 Å². The molecule has 1 fully saturated rings. The molecule has 2 atom stereocenters. The van der Waals surface area contributed by atoms with Gasteiger partial charge >= 0.3 is 6.18 Å². The van der Waals surface area contributed by atoms with Gasteiger partial charge in [-0.2, -0.15) is 13.2 Å². The van der Waals surface area contributed by atoms with E-state index in [1.54, 1.807) is 15.5 Å². The number of carbonyl (C=O) groups excluding carboxylic acids is 2. The van der Waals surface area contributed by atoms with Gasteiger partial charge in [-0.25, -0.2) is 19.3 Å². The third kappa shape index (κ3) is 5.04. The molecule has 208 valence electrons. The number of aromatic nitrogens is 4. The number of amides is 2. The maximum absolute atomic E-state index is 15.4. The van der Waals surface area contributed by atoms with Crippen molar-refractivity contribution in [3.8, 4) is 11.3 Å². The first-order valence-electron chi connectivity index (χ1n) is 12.1. The first kappa shape index (κ1) is 27.0. The SMILES string of the molecule is CC(=O)N1C[C@H](c2nc(-c3ccc(C(=O)Nc4cc(C(F)(F)F)ccn4)cc3F)c3c(N)nccn23)OC[C@H]1C. The maximum Gasteiger partial charge on any atom is 0.416 e. The van der Waals surface area contributed by atoms with E-state index in [2.05, 4.69) is 20.3 Å². The van der Waals surface area contributed by atoms with Gasteiger partial charge in [0.2, 0.25) is 5.91 Å². The van der Waals surface area contributed by atoms with Crippen LogP contribution in [0, 0.1) is 5.82 Å². The monoisotopic (exact) mass is 557 g/mol. The molecule has 5 rings (SSSR count). The minimum absolute atomic E-state index is 0.00444. The number of ether oxygens (including phenoxy) is 1. The van der Waals surface area contributed by atoms with Crippen molar-refractivity contribution >= 4 is 29.0 Å². The number of benzene rings is 1. The van der Waals surface area contributed by atoms with E-state index in [0.717, 1.165) is 18.3 Å². The fraction of sp³-hybridized carbons (Fsp3) is 0.269. The molecule has 0 unspecified atom stereocenters. The number of anilines is 2. The van der Waals surface area contributed by atoms with E-state index < -0.39 is 29.6 Å². The molecular formula is C26H23F4N7O3. The third-order valence-electron chi connectivity index (χ3n) is 6.55. The highest BCUT2D eigenvalue weighted by Crippen LogP contribution is 2.35. The molecule has 1 aliphatic rings. The Hall–Kier alpha value is -4.59. The fourth-order valence-electron chi connectivity index (χ4n) is 4.57. The first-order valence-corrected chi connectivity index (χ1v) is 12.1. The fourth-order valence-corrected chi connectivity index (χ4v) is 4.57. The molecule has 1 aromatic carbocycles. The molecule has 1 aliphatic heterocycles. The average Bonchev–Trinajstić information content (AvgIpc) is 3.29. The molecule has 0 saturated carbocycles. The Balaban J connectivity index is 1.48. The second kappa shape index (κ2) is 10.2. The summed E-state index contributed by atoms with van der Waals surface area (Å²) in [7, 11) is 0. The van der Waals surface area contributed by atoms with Gasteiger partial charge in [-0.3, -0.25) is 14.0 Å². The van der Waals surface area contributed by atoms with Crippen molar-refractivity contribution < 1.29 is 31.9 Å². The Morgan fingerprint density at radius 2 is 1.93 bits per heavy atom. The zero-order valence-corrected chi connectivity index (χ0v) is 21.2. The maximum atomic E-state index is 15.4. The van der Waals surface area contributed by atoms with Gasteiger partial charge in [0.05, 0.1) is 24.8 Å². The topological polar surface area (TPSA) is 128 Å². The highest BCUT2D eigenvalue weighted by atomic mass is 19.4. The lowest BCUT2D eigenvalue weighted by Crippen LogP contribution is -2.47.